The molecule has 19 heavy (non-hydrogen) atoms. The number of likely N-dealkylation sites (tertiary alicyclic amines) is 1. The Morgan fingerprint density at radius 1 is 1.32 bits per heavy atom. The molecule has 1 aliphatic rings. The van der Waals surface area contributed by atoms with E-state index in [0.29, 0.717) is 12.5 Å². The first kappa shape index (κ1) is 13.9. The van der Waals surface area contributed by atoms with Gasteiger partial charge in [0.25, 0.3) is 0 Å². The summed E-state index contributed by atoms with van der Waals surface area (Å²) in [4.78, 5) is 12.8. The average Bonchev–Trinajstić information content (AvgIpc) is 2.46. The molecule has 0 aliphatic carbocycles. The van der Waals surface area contributed by atoms with Gasteiger partial charge in [-0.3, -0.25) is 4.79 Å². The van der Waals surface area contributed by atoms with E-state index in [1.165, 1.54) is 5.56 Å². The summed E-state index contributed by atoms with van der Waals surface area (Å²) in [5.41, 5.74) is 1.36. The molecule has 0 saturated carbocycles. The predicted octanol–water partition coefficient (Wildman–Crippen LogP) is 2.35. The maximum absolute atomic E-state index is 10.5. The number of benzene rings is 1. The smallest absolute Gasteiger partial charge is 0.304 e. The largest absolute Gasteiger partial charge is 0.497 e. The highest BCUT2D eigenvalue weighted by Gasteiger charge is 2.20. The van der Waals surface area contributed by atoms with Crippen LogP contribution in [0.3, 0.4) is 0 Å². The van der Waals surface area contributed by atoms with Gasteiger partial charge in [0.1, 0.15) is 5.75 Å². The Balaban J connectivity index is 1.83. The molecule has 2 rings (SSSR count). The Hall–Kier alpha value is -1.55. The standard InChI is InChI=1S/C15H21NO3/c1-19-14-4-2-12(3-5-14)13-6-9-16(10-7-13)11-8-15(17)18/h2-5,13H,6-11H2,1H3,(H,17,18). The van der Waals surface area contributed by atoms with E-state index in [1.54, 1.807) is 7.11 Å². The van der Waals surface area contributed by atoms with E-state index in [-0.39, 0.29) is 6.42 Å². The summed E-state index contributed by atoms with van der Waals surface area (Å²) in [5.74, 6) is 0.770. The van der Waals surface area contributed by atoms with Gasteiger partial charge in [0.15, 0.2) is 0 Å². The van der Waals surface area contributed by atoms with Gasteiger partial charge in [-0.1, -0.05) is 12.1 Å². The lowest BCUT2D eigenvalue weighted by Crippen LogP contribution is -2.34. The molecule has 0 radical (unpaired) electrons. The quantitative estimate of drug-likeness (QED) is 0.886. The highest BCUT2D eigenvalue weighted by molar-refractivity contribution is 5.66. The molecule has 0 bridgehead atoms. The maximum Gasteiger partial charge on any atom is 0.304 e. The summed E-state index contributed by atoms with van der Waals surface area (Å²) >= 11 is 0. The molecule has 0 atom stereocenters. The molecule has 1 saturated heterocycles. The van der Waals surface area contributed by atoms with Crippen molar-refractivity contribution in [3.63, 3.8) is 0 Å². The lowest BCUT2D eigenvalue weighted by Gasteiger charge is -2.31. The monoisotopic (exact) mass is 263 g/mol. The molecular weight excluding hydrogens is 242 g/mol. The van der Waals surface area contributed by atoms with Gasteiger partial charge in [-0.25, -0.2) is 0 Å². The Kier molecular flexibility index (Phi) is 4.80. The van der Waals surface area contributed by atoms with Crippen LogP contribution in [0.5, 0.6) is 5.75 Å². The van der Waals surface area contributed by atoms with Crippen molar-refractivity contribution >= 4 is 5.97 Å². The van der Waals surface area contributed by atoms with Crippen molar-refractivity contribution in [3.8, 4) is 5.75 Å². The number of aliphatic carboxylic acids is 1. The van der Waals surface area contributed by atoms with Gasteiger partial charge >= 0.3 is 5.97 Å². The van der Waals surface area contributed by atoms with Gasteiger partial charge in [0.05, 0.1) is 13.5 Å². The number of ether oxygens (including phenoxy) is 1. The fourth-order valence-corrected chi connectivity index (χ4v) is 2.62. The second-order valence-corrected chi connectivity index (χ2v) is 5.03. The molecule has 0 amide bonds. The topological polar surface area (TPSA) is 49.8 Å². The number of carboxylic acids is 1. The molecule has 1 aromatic rings. The van der Waals surface area contributed by atoms with E-state index < -0.39 is 5.97 Å². The van der Waals surface area contributed by atoms with Crippen molar-refractivity contribution in [2.75, 3.05) is 26.7 Å². The van der Waals surface area contributed by atoms with Crippen LogP contribution in [-0.2, 0) is 4.79 Å². The highest BCUT2D eigenvalue weighted by Crippen LogP contribution is 2.29. The van der Waals surface area contributed by atoms with Crippen LogP contribution in [0.25, 0.3) is 0 Å². The summed E-state index contributed by atoms with van der Waals surface area (Å²) in [5, 5.41) is 8.68. The maximum atomic E-state index is 10.5. The number of carbonyl (C=O) groups is 1. The fraction of sp³-hybridized carbons (Fsp3) is 0.533. The van der Waals surface area contributed by atoms with E-state index in [4.69, 9.17) is 9.84 Å². The SMILES string of the molecule is COc1ccc(C2CCN(CCC(=O)O)CC2)cc1. The lowest BCUT2D eigenvalue weighted by atomic mass is 9.89. The molecular formula is C15H21NO3. The molecule has 1 heterocycles. The van der Waals surface area contributed by atoms with E-state index >= 15 is 0 Å². The molecule has 1 aliphatic heterocycles. The van der Waals surface area contributed by atoms with Crippen LogP contribution in [0.15, 0.2) is 24.3 Å². The third-order valence-electron chi connectivity index (χ3n) is 3.82. The number of hydrogen-bond acceptors (Lipinski definition) is 3. The second-order valence-electron chi connectivity index (χ2n) is 5.03. The van der Waals surface area contributed by atoms with Gasteiger partial charge in [-0.05, 0) is 49.5 Å². The average molecular weight is 263 g/mol. The Morgan fingerprint density at radius 3 is 2.47 bits per heavy atom. The first-order valence-electron chi connectivity index (χ1n) is 6.77. The summed E-state index contributed by atoms with van der Waals surface area (Å²) < 4.78 is 5.16. The number of methoxy groups -OCH3 is 1. The van der Waals surface area contributed by atoms with Gasteiger partial charge in [-0.2, -0.15) is 0 Å². The summed E-state index contributed by atoms with van der Waals surface area (Å²) in [6.45, 7) is 2.65. The van der Waals surface area contributed by atoms with E-state index in [0.717, 1.165) is 31.7 Å². The van der Waals surface area contributed by atoms with Crippen LogP contribution in [0, 0.1) is 0 Å². The Morgan fingerprint density at radius 2 is 1.95 bits per heavy atom. The summed E-state index contributed by atoms with van der Waals surface area (Å²) in [6.07, 6.45) is 2.45. The Bertz CT molecular complexity index is 408. The van der Waals surface area contributed by atoms with Crippen molar-refractivity contribution in [2.45, 2.75) is 25.2 Å². The summed E-state index contributed by atoms with van der Waals surface area (Å²) in [6, 6.07) is 8.28. The van der Waals surface area contributed by atoms with E-state index in [2.05, 4.69) is 17.0 Å². The van der Waals surface area contributed by atoms with E-state index in [1.807, 2.05) is 12.1 Å². The fourth-order valence-electron chi connectivity index (χ4n) is 2.62. The molecule has 1 N–H and O–H groups in total. The number of nitrogens with zero attached hydrogens (tertiary/aromatic N) is 1. The minimum Gasteiger partial charge on any atom is -0.497 e. The van der Waals surface area contributed by atoms with Gasteiger partial charge in [0.2, 0.25) is 0 Å². The highest BCUT2D eigenvalue weighted by atomic mass is 16.5. The second kappa shape index (κ2) is 6.57. The normalized spacial score (nSPS) is 17.3. The summed E-state index contributed by atoms with van der Waals surface area (Å²) in [7, 11) is 1.68. The molecule has 1 aromatic carbocycles. The van der Waals surface area contributed by atoms with Crippen LogP contribution in [0.1, 0.15) is 30.7 Å². The molecule has 4 nitrogen and oxygen atoms in total. The minimum absolute atomic E-state index is 0.243. The van der Waals surface area contributed by atoms with Crippen LogP contribution >= 0.6 is 0 Å². The molecule has 0 unspecified atom stereocenters. The van der Waals surface area contributed by atoms with Gasteiger partial charge in [-0.15, -0.1) is 0 Å². The zero-order valence-electron chi connectivity index (χ0n) is 11.3. The van der Waals surface area contributed by atoms with Crippen molar-refractivity contribution in [3.05, 3.63) is 29.8 Å². The third kappa shape index (κ3) is 3.96. The lowest BCUT2D eigenvalue weighted by molar-refractivity contribution is -0.137. The predicted molar refractivity (Wildman–Crippen MR) is 73.7 cm³/mol. The molecule has 0 spiro atoms. The Labute approximate surface area is 114 Å². The molecule has 0 aromatic heterocycles. The number of hydrogen-bond donors (Lipinski definition) is 1. The van der Waals surface area contributed by atoms with Crippen molar-refractivity contribution in [1.29, 1.82) is 0 Å². The van der Waals surface area contributed by atoms with Crippen molar-refractivity contribution in [1.82, 2.24) is 4.90 Å². The van der Waals surface area contributed by atoms with E-state index in [9.17, 15) is 4.79 Å². The van der Waals surface area contributed by atoms with Crippen molar-refractivity contribution < 1.29 is 14.6 Å². The van der Waals surface area contributed by atoms with Crippen LogP contribution in [0.2, 0.25) is 0 Å². The van der Waals surface area contributed by atoms with Crippen LogP contribution in [0.4, 0.5) is 0 Å². The van der Waals surface area contributed by atoms with Crippen LogP contribution < -0.4 is 4.74 Å². The zero-order valence-corrected chi connectivity index (χ0v) is 11.3. The molecule has 104 valence electrons. The number of carboxylic acid groups (broad SMARTS) is 1. The van der Waals surface area contributed by atoms with Gasteiger partial charge < -0.3 is 14.7 Å². The third-order valence-corrected chi connectivity index (χ3v) is 3.82. The zero-order chi connectivity index (χ0) is 13.7. The van der Waals surface area contributed by atoms with Crippen LogP contribution in [-0.4, -0.2) is 42.7 Å². The minimum atomic E-state index is -0.711. The number of piperidine rings is 1. The van der Waals surface area contributed by atoms with Gasteiger partial charge in [0, 0.05) is 6.54 Å². The molecule has 4 heteroatoms. The van der Waals surface area contributed by atoms with Crippen molar-refractivity contribution in [2.24, 2.45) is 0 Å². The first-order chi connectivity index (χ1) is 9.19. The number of rotatable bonds is 5. The first-order valence-corrected chi connectivity index (χ1v) is 6.77. The molecule has 1 fully saturated rings.